The highest BCUT2D eigenvalue weighted by atomic mass is 16.5. The van der Waals surface area contributed by atoms with Crippen LogP contribution in [0.2, 0.25) is 0 Å². The lowest BCUT2D eigenvalue weighted by atomic mass is 9.97. The number of hydrogen-bond acceptors (Lipinski definition) is 1. The Kier molecular flexibility index (Phi) is 3.00. The number of benzene rings is 1. The Morgan fingerprint density at radius 2 is 2.36 bits per heavy atom. The van der Waals surface area contributed by atoms with E-state index in [1.165, 1.54) is 6.55 Å². The molecule has 0 radical (unpaired) electrons. The fraction of sp³-hybridized carbons (Fsp3) is 0.231. The Labute approximate surface area is 86.8 Å². The number of rotatable bonds is 4. The Morgan fingerprint density at radius 3 is 2.93 bits per heavy atom. The molecule has 0 saturated carbocycles. The lowest BCUT2D eigenvalue weighted by Crippen LogP contribution is -2.23. The monoisotopic (exact) mass is 187 g/mol. The van der Waals surface area contributed by atoms with Gasteiger partial charge in [-0.2, -0.15) is 0 Å². The first kappa shape index (κ1) is 9.05. The van der Waals surface area contributed by atoms with Gasteiger partial charge in [0.15, 0.2) is 5.60 Å². The highest BCUT2D eigenvalue weighted by Gasteiger charge is 2.23. The van der Waals surface area contributed by atoms with Crippen molar-refractivity contribution in [1.29, 1.82) is 0 Å². The van der Waals surface area contributed by atoms with Gasteiger partial charge in [0, 0.05) is 0 Å². The summed E-state index contributed by atoms with van der Waals surface area (Å²) in [7, 11) is 0. The fourth-order valence-electron chi connectivity index (χ4n) is 1.18. The van der Waals surface area contributed by atoms with Crippen LogP contribution in [0.1, 0.15) is 13.9 Å². The highest BCUT2D eigenvalue weighted by molar-refractivity contribution is 5.29. The number of ether oxygens (including phenoxy) is 1. The molecule has 1 heteroatoms. The fourth-order valence-corrected chi connectivity index (χ4v) is 1.18. The second kappa shape index (κ2) is 4.64. The van der Waals surface area contributed by atoms with Crippen LogP contribution in [0.25, 0.3) is 0 Å². The average Bonchev–Trinajstić information content (AvgIpc) is 2.30. The van der Waals surface area contributed by atoms with Gasteiger partial charge in [0.25, 0.3) is 0 Å². The van der Waals surface area contributed by atoms with E-state index in [1.807, 2.05) is 37.3 Å². The molecule has 72 valence electrons. The van der Waals surface area contributed by atoms with Crippen molar-refractivity contribution in [2.45, 2.75) is 12.5 Å². The van der Waals surface area contributed by atoms with E-state index in [-0.39, 0.29) is 0 Å². The van der Waals surface area contributed by atoms with Crippen molar-refractivity contribution in [1.82, 2.24) is 0 Å². The molecule has 1 unspecified atom stereocenters. The standard InChI is InChI=1S/C13H14O/c1-4-11-14-13(3,5-2)12-9-7-6-8-10-12/h2,4,6-10H,1,11H2,3H3/i1D. The minimum Gasteiger partial charge on any atom is -0.354 e. The van der Waals surface area contributed by atoms with E-state index in [4.69, 9.17) is 12.5 Å². The summed E-state index contributed by atoms with van der Waals surface area (Å²) in [5.41, 5.74) is 0.228. The van der Waals surface area contributed by atoms with E-state index >= 15 is 0 Å². The van der Waals surface area contributed by atoms with Crippen molar-refractivity contribution in [3.63, 3.8) is 0 Å². The van der Waals surface area contributed by atoms with E-state index in [0.717, 1.165) is 5.56 Å². The molecule has 1 aromatic rings. The molecule has 0 aliphatic rings. The summed E-state index contributed by atoms with van der Waals surface area (Å²) in [5.74, 6) is 2.64. The Balaban J connectivity index is 2.82. The predicted octanol–water partition coefficient (Wildman–Crippen LogP) is 2.74. The van der Waals surface area contributed by atoms with Gasteiger partial charge in [-0.1, -0.05) is 42.3 Å². The summed E-state index contributed by atoms with van der Waals surface area (Å²) in [4.78, 5) is 0. The van der Waals surface area contributed by atoms with Gasteiger partial charge < -0.3 is 4.74 Å². The van der Waals surface area contributed by atoms with Crippen molar-refractivity contribution in [3.05, 3.63) is 48.5 Å². The van der Waals surface area contributed by atoms with Crippen LogP contribution in [0.4, 0.5) is 0 Å². The average molecular weight is 187 g/mol. The molecule has 1 aromatic carbocycles. The van der Waals surface area contributed by atoms with Crippen LogP contribution < -0.4 is 0 Å². The molecule has 14 heavy (non-hydrogen) atoms. The van der Waals surface area contributed by atoms with Gasteiger partial charge in [0.2, 0.25) is 0 Å². The molecule has 0 heterocycles. The van der Waals surface area contributed by atoms with Crippen LogP contribution in [-0.2, 0) is 10.3 Å². The van der Waals surface area contributed by atoms with Crippen LogP contribution in [-0.4, -0.2) is 6.61 Å². The maximum atomic E-state index is 6.86. The van der Waals surface area contributed by atoms with Gasteiger partial charge >= 0.3 is 0 Å². The number of terminal acetylenes is 1. The zero-order chi connectivity index (χ0) is 11.1. The zero-order valence-corrected chi connectivity index (χ0v) is 8.23. The third-order valence-electron chi connectivity index (χ3n) is 2.07. The van der Waals surface area contributed by atoms with E-state index in [9.17, 15) is 0 Å². The second-order valence-corrected chi connectivity index (χ2v) is 3.09. The SMILES string of the molecule is [2H]C=CCOC(C)(C#C)c1ccccc1. The summed E-state index contributed by atoms with van der Waals surface area (Å²) in [6.45, 7) is 3.39. The molecule has 1 rings (SSSR count). The Bertz CT molecular complexity index is 364. The minimum atomic E-state index is -0.721. The normalized spacial score (nSPS) is 15.9. The van der Waals surface area contributed by atoms with Gasteiger partial charge in [-0.25, -0.2) is 0 Å². The van der Waals surface area contributed by atoms with Gasteiger partial charge in [-0.3, -0.25) is 0 Å². The van der Waals surface area contributed by atoms with Crippen molar-refractivity contribution in [2.75, 3.05) is 6.61 Å². The molecule has 0 aliphatic carbocycles. The summed E-state index contributed by atoms with van der Waals surface area (Å²) < 4.78 is 12.4. The van der Waals surface area contributed by atoms with Gasteiger partial charge in [-0.15, -0.1) is 13.0 Å². The lowest BCUT2D eigenvalue weighted by molar-refractivity contribution is 0.0290. The quantitative estimate of drug-likeness (QED) is 0.520. The van der Waals surface area contributed by atoms with Crippen LogP contribution in [0, 0.1) is 12.3 Å². The molecule has 1 nitrogen and oxygen atoms in total. The molecule has 0 amide bonds. The number of hydrogen-bond donors (Lipinski definition) is 0. The first-order valence-electron chi connectivity index (χ1n) is 5.01. The van der Waals surface area contributed by atoms with Crippen LogP contribution in [0.3, 0.4) is 0 Å². The van der Waals surface area contributed by atoms with Crippen molar-refractivity contribution < 1.29 is 6.11 Å². The Morgan fingerprint density at radius 1 is 1.64 bits per heavy atom. The van der Waals surface area contributed by atoms with E-state index in [0.29, 0.717) is 6.61 Å². The molecule has 0 fully saturated rings. The molecule has 0 saturated heterocycles. The maximum absolute atomic E-state index is 6.86. The summed E-state index contributed by atoms with van der Waals surface area (Å²) in [6, 6.07) is 9.65. The molecule has 0 bridgehead atoms. The third kappa shape index (κ3) is 2.25. The summed E-state index contributed by atoms with van der Waals surface area (Å²) >= 11 is 0. The van der Waals surface area contributed by atoms with Gasteiger partial charge in [0.1, 0.15) is 0 Å². The predicted molar refractivity (Wildman–Crippen MR) is 58.8 cm³/mol. The third-order valence-corrected chi connectivity index (χ3v) is 2.07. The zero-order valence-electron chi connectivity index (χ0n) is 9.23. The first-order valence-corrected chi connectivity index (χ1v) is 4.43. The molecule has 0 aliphatic heterocycles. The lowest BCUT2D eigenvalue weighted by Gasteiger charge is -2.23. The highest BCUT2D eigenvalue weighted by Crippen LogP contribution is 2.23. The largest absolute Gasteiger partial charge is 0.354 e. The molecular weight excluding hydrogens is 172 g/mol. The topological polar surface area (TPSA) is 9.23 Å². The van der Waals surface area contributed by atoms with Crippen LogP contribution in [0.15, 0.2) is 43.0 Å². The van der Waals surface area contributed by atoms with Crippen LogP contribution in [0.5, 0.6) is 0 Å². The molecule has 0 spiro atoms. The van der Waals surface area contributed by atoms with Crippen molar-refractivity contribution >= 4 is 0 Å². The van der Waals surface area contributed by atoms with Crippen LogP contribution >= 0.6 is 0 Å². The summed E-state index contributed by atoms with van der Waals surface area (Å²) in [6.07, 6.45) is 7.08. The first-order chi connectivity index (χ1) is 7.23. The minimum absolute atomic E-state index is 0.346. The molecule has 0 aromatic heterocycles. The van der Waals surface area contributed by atoms with Gasteiger partial charge in [-0.05, 0) is 12.5 Å². The van der Waals surface area contributed by atoms with Crippen molar-refractivity contribution in [3.8, 4) is 12.3 Å². The smallest absolute Gasteiger partial charge is 0.151 e. The Hall–Kier alpha value is -1.52. The van der Waals surface area contributed by atoms with E-state index < -0.39 is 5.60 Å². The maximum Gasteiger partial charge on any atom is 0.151 e. The summed E-state index contributed by atoms with van der Waals surface area (Å²) in [5, 5.41) is 0. The van der Waals surface area contributed by atoms with Crippen molar-refractivity contribution in [2.24, 2.45) is 0 Å². The van der Waals surface area contributed by atoms with E-state index in [1.54, 1.807) is 6.08 Å². The van der Waals surface area contributed by atoms with Gasteiger partial charge in [0.05, 0.1) is 7.98 Å². The molecule has 0 N–H and O–H groups in total. The second-order valence-electron chi connectivity index (χ2n) is 3.09. The molecule has 1 atom stereocenters. The molecular formula is C13H14O. The van der Waals surface area contributed by atoms with E-state index in [2.05, 4.69) is 5.92 Å².